The predicted molar refractivity (Wildman–Crippen MR) is 47.3 cm³/mol. The Labute approximate surface area is 86.2 Å². The van der Waals surface area contributed by atoms with E-state index >= 15 is 0 Å². The minimum Gasteiger partial charge on any atom is -0.479 e. The summed E-state index contributed by atoms with van der Waals surface area (Å²) in [4.78, 5) is 21.6. The van der Waals surface area contributed by atoms with Gasteiger partial charge in [-0.25, -0.2) is 9.59 Å². The van der Waals surface area contributed by atoms with Crippen LogP contribution < -0.4 is 0 Å². The van der Waals surface area contributed by atoms with Crippen LogP contribution in [-0.4, -0.2) is 52.4 Å². The molecule has 3 N–H and O–H groups in total. The molecule has 0 rings (SSSR count). The van der Waals surface area contributed by atoms with Gasteiger partial charge in [-0.3, -0.25) is 0 Å². The van der Waals surface area contributed by atoms with Gasteiger partial charge in [-0.1, -0.05) is 0 Å². The fourth-order valence-corrected chi connectivity index (χ4v) is 0.791. The summed E-state index contributed by atoms with van der Waals surface area (Å²) in [5, 5.41) is 27.1. The summed E-state index contributed by atoms with van der Waals surface area (Å²) in [6.07, 6.45) is 0. The van der Waals surface area contributed by atoms with Crippen LogP contribution >= 0.6 is 0 Å². The van der Waals surface area contributed by atoms with Gasteiger partial charge in [-0.15, -0.1) is 0 Å². The summed E-state index contributed by atoms with van der Waals surface area (Å²) in [7, 11) is 1.25. The molecule has 0 amide bonds. The number of carboxylic acids is 2. The summed E-state index contributed by atoms with van der Waals surface area (Å²) in [5.74, 6) is -3.28. The van der Waals surface area contributed by atoms with Gasteiger partial charge in [-0.05, 0) is 13.8 Å². The molecule has 0 fully saturated rings. The van der Waals surface area contributed by atoms with Gasteiger partial charge in [0.25, 0.3) is 0 Å². The smallest absolute Gasteiger partial charge is 0.339 e. The number of hydrogen-bond donors (Lipinski definition) is 3. The fourth-order valence-electron chi connectivity index (χ4n) is 0.791. The SMILES string of the molecule is COCOC(C)(C(=O)O)C(C)(O)C(=O)O. The molecule has 15 heavy (non-hydrogen) atoms. The van der Waals surface area contributed by atoms with Crippen molar-refractivity contribution in [1.29, 1.82) is 0 Å². The van der Waals surface area contributed by atoms with E-state index < -0.39 is 29.9 Å². The Hall–Kier alpha value is -1.18. The number of ether oxygens (including phenoxy) is 2. The van der Waals surface area contributed by atoms with E-state index in [-0.39, 0.29) is 0 Å². The lowest BCUT2D eigenvalue weighted by Crippen LogP contribution is -2.61. The van der Waals surface area contributed by atoms with Gasteiger partial charge in [0, 0.05) is 7.11 Å². The monoisotopic (exact) mass is 222 g/mol. The zero-order valence-electron chi connectivity index (χ0n) is 8.68. The quantitative estimate of drug-likeness (QED) is 0.508. The molecular weight excluding hydrogens is 208 g/mol. The number of rotatable bonds is 6. The molecule has 0 bridgehead atoms. The standard InChI is InChI=1S/C8H14O7/c1-7(13,5(9)10)8(2,6(11)12)15-4-14-3/h13H,4H2,1-3H3,(H,9,10)(H,11,12). The Morgan fingerprint density at radius 1 is 1.20 bits per heavy atom. The second-order valence-electron chi connectivity index (χ2n) is 3.27. The van der Waals surface area contributed by atoms with Crippen LogP contribution in [0.3, 0.4) is 0 Å². The first kappa shape index (κ1) is 13.8. The van der Waals surface area contributed by atoms with E-state index in [1.165, 1.54) is 7.11 Å². The van der Waals surface area contributed by atoms with E-state index in [2.05, 4.69) is 4.74 Å². The Morgan fingerprint density at radius 2 is 1.67 bits per heavy atom. The second-order valence-corrected chi connectivity index (χ2v) is 3.27. The molecule has 0 aliphatic heterocycles. The number of methoxy groups -OCH3 is 1. The molecule has 7 heteroatoms. The third kappa shape index (κ3) is 2.44. The van der Waals surface area contributed by atoms with Crippen molar-refractivity contribution in [1.82, 2.24) is 0 Å². The van der Waals surface area contributed by atoms with Gasteiger partial charge in [0.1, 0.15) is 6.79 Å². The molecule has 7 nitrogen and oxygen atoms in total. The van der Waals surface area contributed by atoms with Crippen molar-refractivity contribution < 1.29 is 34.4 Å². The number of aliphatic hydroxyl groups is 1. The van der Waals surface area contributed by atoms with Crippen molar-refractivity contribution >= 4 is 11.9 Å². The molecule has 0 saturated carbocycles. The number of carboxylic acid groups (broad SMARTS) is 2. The molecule has 0 aromatic carbocycles. The van der Waals surface area contributed by atoms with Crippen molar-refractivity contribution in [3.05, 3.63) is 0 Å². The summed E-state index contributed by atoms with van der Waals surface area (Å²) in [5.41, 5.74) is -4.84. The maximum Gasteiger partial charge on any atom is 0.339 e. The average molecular weight is 222 g/mol. The van der Waals surface area contributed by atoms with Gasteiger partial charge in [0.15, 0.2) is 5.60 Å². The summed E-state index contributed by atoms with van der Waals surface area (Å²) in [6, 6.07) is 0. The van der Waals surface area contributed by atoms with Crippen molar-refractivity contribution in [2.24, 2.45) is 0 Å². The lowest BCUT2D eigenvalue weighted by Gasteiger charge is -2.35. The minimum absolute atomic E-state index is 0.438. The van der Waals surface area contributed by atoms with Crippen LogP contribution in [0, 0.1) is 0 Å². The van der Waals surface area contributed by atoms with Crippen LogP contribution in [-0.2, 0) is 19.1 Å². The third-order valence-corrected chi connectivity index (χ3v) is 2.22. The van der Waals surface area contributed by atoms with Crippen molar-refractivity contribution in [3.8, 4) is 0 Å². The van der Waals surface area contributed by atoms with Gasteiger partial charge < -0.3 is 24.8 Å². The Bertz CT molecular complexity index is 260. The lowest BCUT2D eigenvalue weighted by atomic mass is 9.86. The average Bonchev–Trinajstić information content (AvgIpc) is 2.13. The maximum absolute atomic E-state index is 10.9. The molecular formula is C8H14O7. The highest BCUT2D eigenvalue weighted by molar-refractivity contribution is 5.90. The van der Waals surface area contributed by atoms with Gasteiger partial charge in [0.2, 0.25) is 5.60 Å². The number of carbonyl (C=O) groups is 2. The van der Waals surface area contributed by atoms with E-state index in [0.717, 1.165) is 13.8 Å². The molecule has 2 unspecified atom stereocenters. The van der Waals surface area contributed by atoms with E-state index in [4.69, 9.17) is 14.9 Å². The highest BCUT2D eigenvalue weighted by Crippen LogP contribution is 2.27. The molecule has 0 aromatic rings. The number of hydrogen-bond acceptors (Lipinski definition) is 5. The second kappa shape index (κ2) is 4.56. The Morgan fingerprint density at radius 3 is 1.93 bits per heavy atom. The zero-order valence-corrected chi connectivity index (χ0v) is 8.68. The molecule has 88 valence electrons. The van der Waals surface area contributed by atoms with E-state index in [1.54, 1.807) is 0 Å². The fraction of sp³-hybridized carbons (Fsp3) is 0.750. The van der Waals surface area contributed by atoms with Crippen LogP contribution in [0.5, 0.6) is 0 Å². The van der Waals surface area contributed by atoms with E-state index in [0.29, 0.717) is 0 Å². The van der Waals surface area contributed by atoms with Gasteiger partial charge in [-0.2, -0.15) is 0 Å². The molecule has 0 radical (unpaired) electrons. The van der Waals surface area contributed by atoms with Crippen LogP contribution in [0.2, 0.25) is 0 Å². The maximum atomic E-state index is 10.9. The molecule has 0 aromatic heterocycles. The van der Waals surface area contributed by atoms with E-state index in [1.807, 2.05) is 0 Å². The molecule has 0 aliphatic carbocycles. The molecule has 0 aliphatic rings. The highest BCUT2D eigenvalue weighted by Gasteiger charge is 2.56. The van der Waals surface area contributed by atoms with Gasteiger partial charge >= 0.3 is 11.9 Å². The molecule has 0 saturated heterocycles. The first-order valence-corrected chi connectivity index (χ1v) is 4.02. The summed E-state index contributed by atoms with van der Waals surface area (Å²) < 4.78 is 9.19. The third-order valence-electron chi connectivity index (χ3n) is 2.22. The van der Waals surface area contributed by atoms with Crippen molar-refractivity contribution in [3.63, 3.8) is 0 Å². The molecule has 0 spiro atoms. The van der Waals surface area contributed by atoms with E-state index in [9.17, 15) is 14.7 Å². The van der Waals surface area contributed by atoms with Crippen LogP contribution in [0.15, 0.2) is 0 Å². The lowest BCUT2D eigenvalue weighted by molar-refractivity contribution is -0.227. The Kier molecular flexibility index (Phi) is 4.20. The summed E-state index contributed by atoms with van der Waals surface area (Å²) >= 11 is 0. The first-order valence-electron chi connectivity index (χ1n) is 4.02. The zero-order chi connectivity index (χ0) is 12.3. The highest BCUT2D eigenvalue weighted by atomic mass is 16.7. The normalized spacial score (nSPS) is 18.9. The van der Waals surface area contributed by atoms with Crippen LogP contribution in [0.1, 0.15) is 13.8 Å². The number of aliphatic carboxylic acids is 2. The minimum atomic E-state index is -2.56. The van der Waals surface area contributed by atoms with Gasteiger partial charge in [0.05, 0.1) is 0 Å². The van der Waals surface area contributed by atoms with Crippen molar-refractivity contribution in [2.75, 3.05) is 13.9 Å². The Balaban J connectivity index is 5.10. The topological polar surface area (TPSA) is 113 Å². The molecule has 0 heterocycles. The molecule has 2 atom stereocenters. The van der Waals surface area contributed by atoms with Crippen LogP contribution in [0.4, 0.5) is 0 Å². The van der Waals surface area contributed by atoms with Crippen molar-refractivity contribution in [2.45, 2.75) is 25.0 Å². The largest absolute Gasteiger partial charge is 0.479 e. The summed E-state index contributed by atoms with van der Waals surface area (Å²) in [6.45, 7) is 1.37. The first-order chi connectivity index (χ1) is 6.70. The predicted octanol–water partition coefficient (Wildman–Crippen LogP) is -0.714. The van der Waals surface area contributed by atoms with Crippen LogP contribution in [0.25, 0.3) is 0 Å².